The lowest BCUT2D eigenvalue weighted by molar-refractivity contribution is -0.122. The summed E-state index contributed by atoms with van der Waals surface area (Å²) in [5.41, 5.74) is 0. The first kappa shape index (κ1) is 14.9. The van der Waals surface area contributed by atoms with Gasteiger partial charge in [-0.15, -0.1) is 5.92 Å². The van der Waals surface area contributed by atoms with Crippen molar-refractivity contribution >= 4 is 5.78 Å². The number of methoxy groups -OCH3 is 1. The summed E-state index contributed by atoms with van der Waals surface area (Å²) in [6, 6.07) is 0. The van der Waals surface area contributed by atoms with Crippen LogP contribution >= 0.6 is 0 Å². The summed E-state index contributed by atoms with van der Waals surface area (Å²) in [6.45, 7) is 2.14. The second kappa shape index (κ2) is 8.91. The largest absolute Gasteiger partial charge is 0.359 e. The Bertz CT molecular complexity index is 335. The van der Waals surface area contributed by atoms with Crippen molar-refractivity contribution in [2.24, 2.45) is 5.92 Å². The summed E-state index contributed by atoms with van der Waals surface area (Å²) in [6.07, 6.45) is 8.20. The van der Waals surface area contributed by atoms with Crippen molar-refractivity contribution in [2.75, 3.05) is 13.9 Å². The molecule has 1 aliphatic carbocycles. The van der Waals surface area contributed by atoms with E-state index >= 15 is 0 Å². The van der Waals surface area contributed by atoms with Crippen molar-refractivity contribution in [1.29, 1.82) is 0 Å². The van der Waals surface area contributed by atoms with Crippen molar-refractivity contribution < 1.29 is 14.3 Å². The maximum Gasteiger partial charge on any atom is 0.147 e. The third kappa shape index (κ3) is 6.00. The number of allylic oxidation sites excluding steroid dienone is 1. The van der Waals surface area contributed by atoms with Crippen LogP contribution in [0.2, 0.25) is 0 Å². The molecule has 100 valence electrons. The van der Waals surface area contributed by atoms with E-state index in [4.69, 9.17) is 9.47 Å². The van der Waals surface area contributed by atoms with Gasteiger partial charge in [-0.25, -0.2) is 0 Å². The molecule has 0 bridgehead atoms. The van der Waals surface area contributed by atoms with Crippen LogP contribution in [0.4, 0.5) is 0 Å². The zero-order valence-corrected chi connectivity index (χ0v) is 11.3. The number of carbonyl (C=O) groups excluding carboxylic acids is 1. The monoisotopic (exact) mass is 250 g/mol. The van der Waals surface area contributed by atoms with E-state index in [9.17, 15) is 4.79 Å². The molecule has 2 atom stereocenters. The molecule has 0 fully saturated rings. The molecule has 1 aliphatic rings. The molecule has 0 radical (unpaired) electrons. The molecule has 3 nitrogen and oxygen atoms in total. The van der Waals surface area contributed by atoms with Crippen LogP contribution in [0, 0.1) is 17.8 Å². The van der Waals surface area contributed by atoms with Gasteiger partial charge in [0.15, 0.2) is 0 Å². The van der Waals surface area contributed by atoms with Gasteiger partial charge in [0.1, 0.15) is 12.6 Å². The predicted molar refractivity (Wildman–Crippen MR) is 70.9 cm³/mol. The highest BCUT2D eigenvalue weighted by Gasteiger charge is 2.13. The Balaban J connectivity index is 2.58. The highest BCUT2D eigenvalue weighted by molar-refractivity contribution is 5.83. The second-order valence-corrected chi connectivity index (χ2v) is 4.48. The lowest BCUT2D eigenvalue weighted by Crippen LogP contribution is -2.16. The van der Waals surface area contributed by atoms with Crippen LogP contribution in [0.1, 0.15) is 39.0 Å². The highest BCUT2D eigenvalue weighted by Crippen LogP contribution is 2.11. The van der Waals surface area contributed by atoms with Gasteiger partial charge in [-0.2, -0.15) is 0 Å². The first-order valence-electron chi connectivity index (χ1n) is 6.52. The van der Waals surface area contributed by atoms with E-state index in [2.05, 4.69) is 17.9 Å². The Hall–Kier alpha value is -1.11. The van der Waals surface area contributed by atoms with E-state index in [1.54, 1.807) is 7.11 Å². The van der Waals surface area contributed by atoms with Gasteiger partial charge in [0.05, 0.1) is 12.0 Å². The summed E-state index contributed by atoms with van der Waals surface area (Å²) in [7, 11) is 1.60. The van der Waals surface area contributed by atoms with Gasteiger partial charge in [0.25, 0.3) is 0 Å². The van der Waals surface area contributed by atoms with Crippen LogP contribution < -0.4 is 0 Å². The fraction of sp³-hybridized carbons (Fsp3) is 0.667. The van der Waals surface area contributed by atoms with Crippen molar-refractivity contribution in [2.45, 2.75) is 45.1 Å². The van der Waals surface area contributed by atoms with Gasteiger partial charge < -0.3 is 9.47 Å². The van der Waals surface area contributed by atoms with Gasteiger partial charge in [-0.3, -0.25) is 4.79 Å². The molecule has 3 heteroatoms. The fourth-order valence-electron chi connectivity index (χ4n) is 1.75. The number of rotatable bonds is 3. The minimum Gasteiger partial charge on any atom is -0.359 e. The van der Waals surface area contributed by atoms with Crippen LogP contribution in [0.3, 0.4) is 0 Å². The maximum atomic E-state index is 11.8. The molecule has 0 aromatic heterocycles. The minimum atomic E-state index is -0.156. The number of ether oxygens (including phenoxy) is 2. The molecule has 1 unspecified atom stereocenters. The normalized spacial score (nSPS) is 25.8. The topological polar surface area (TPSA) is 35.5 Å². The molecule has 0 N–H and O–H groups in total. The van der Waals surface area contributed by atoms with Crippen molar-refractivity contribution in [3.63, 3.8) is 0 Å². The van der Waals surface area contributed by atoms with E-state index in [-0.39, 0.29) is 24.6 Å². The number of carbonyl (C=O) groups is 1. The number of hydrogen-bond acceptors (Lipinski definition) is 3. The lowest BCUT2D eigenvalue weighted by Gasteiger charge is -2.14. The van der Waals surface area contributed by atoms with Gasteiger partial charge >= 0.3 is 0 Å². The first-order chi connectivity index (χ1) is 8.74. The molecule has 0 heterocycles. The number of hydrogen-bond donors (Lipinski definition) is 0. The average Bonchev–Trinajstić information content (AvgIpc) is 2.37. The zero-order chi connectivity index (χ0) is 13.2. The predicted octanol–water partition coefficient (Wildman–Crippen LogP) is 2.70. The van der Waals surface area contributed by atoms with E-state index < -0.39 is 0 Å². The highest BCUT2D eigenvalue weighted by atomic mass is 16.7. The summed E-state index contributed by atoms with van der Waals surface area (Å²) >= 11 is 0. The molecular formula is C15H22O3. The van der Waals surface area contributed by atoms with Crippen molar-refractivity contribution in [3.8, 4) is 11.8 Å². The molecule has 0 amide bonds. The molecule has 18 heavy (non-hydrogen) atoms. The van der Waals surface area contributed by atoms with E-state index in [0.717, 1.165) is 19.3 Å². The Kier molecular flexibility index (Phi) is 7.40. The van der Waals surface area contributed by atoms with E-state index in [0.29, 0.717) is 12.8 Å². The average molecular weight is 250 g/mol. The Morgan fingerprint density at radius 1 is 1.50 bits per heavy atom. The van der Waals surface area contributed by atoms with Crippen molar-refractivity contribution in [1.82, 2.24) is 0 Å². The van der Waals surface area contributed by atoms with E-state index in [1.165, 1.54) is 0 Å². The molecule has 0 aromatic rings. The zero-order valence-electron chi connectivity index (χ0n) is 11.3. The maximum absolute atomic E-state index is 11.8. The standard InChI is InChI=1S/C15H22O3/c1-13-8-6-4-3-5-7-9-14(18-12-17-2)10-11-15(13)16/h7,9,13-14H,3-5,10-12H2,1-2H3/t13-,14?/m0/s1. The third-order valence-electron chi connectivity index (χ3n) is 2.90. The van der Waals surface area contributed by atoms with Gasteiger partial charge in [-0.1, -0.05) is 18.1 Å². The summed E-state index contributed by atoms with van der Waals surface area (Å²) < 4.78 is 10.4. The molecule has 1 rings (SSSR count). The lowest BCUT2D eigenvalue weighted by atomic mass is 10.00. The molecule has 0 aromatic carbocycles. The Morgan fingerprint density at radius 2 is 2.33 bits per heavy atom. The van der Waals surface area contributed by atoms with E-state index in [1.807, 2.05) is 13.0 Å². The number of ketones is 1. The number of Topliss-reactive ketones (excluding diaryl/α,β-unsaturated/α-hetero) is 1. The Morgan fingerprint density at radius 3 is 3.11 bits per heavy atom. The smallest absolute Gasteiger partial charge is 0.147 e. The fourth-order valence-corrected chi connectivity index (χ4v) is 1.75. The third-order valence-corrected chi connectivity index (χ3v) is 2.90. The molecule has 0 aliphatic heterocycles. The SMILES string of the molecule is COCOC1C=CCCCC#C[C@H](C)C(=O)CC1. The summed E-state index contributed by atoms with van der Waals surface area (Å²) in [4.78, 5) is 11.8. The summed E-state index contributed by atoms with van der Waals surface area (Å²) in [5.74, 6) is 6.13. The van der Waals surface area contributed by atoms with Gasteiger partial charge in [-0.05, 0) is 26.2 Å². The van der Waals surface area contributed by atoms with Crippen molar-refractivity contribution in [3.05, 3.63) is 12.2 Å². The van der Waals surface area contributed by atoms with Crippen LogP contribution in [-0.2, 0) is 14.3 Å². The van der Waals surface area contributed by atoms with Crippen LogP contribution in [-0.4, -0.2) is 25.8 Å². The molecular weight excluding hydrogens is 228 g/mol. The summed E-state index contributed by atoms with van der Waals surface area (Å²) in [5, 5.41) is 0. The second-order valence-electron chi connectivity index (χ2n) is 4.48. The Labute approximate surface area is 110 Å². The van der Waals surface area contributed by atoms with Gasteiger partial charge in [0.2, 0.25) is 0 Å². The minimum absolute atomic E-state index is 0.0338. The molecule has 0 saturated heterocycles. The molecule has 0 spiro atoms. The van der Waals surface area contributed by atoms with Gasteiger partial charge in [0, 0.05) is 20.0 Å². The quantitative estimate of drug-likeness (QED) is 0.439. The van der Waals surface area contributed by atoms with Crippen LogP contribution in [0.15, 0.2) is 12.2 Å². The molecule has 0 saturated carbocycles. The first-order valence-corrected chi connectivity index (χ1v) is 6.52. The van der Waals surface area contributed by atoms with Crippen LogP contribution in [0.25, 0.3) is 0 Å². The van der Waals surface area contributed by atoms with Crippen LogP contribution in [0.5, 0.6) is 0 Å².